The third-order valence-electron chi connectivity index (χ3n) is 3.35. The monoisotopic (exact) mass is 424 g/mol. The van der Waals surface area contributed by atoms with Gasteiger partial charge in [0, 0.05) is 25.5 Å². The molecular formula is C18H25IN4. The van der Waals surface area contributed by atoms with Crippen molar-refractivity contribution in [2.45, 2.75) is 20.4 Å². The van der Waals surface area contributed by atoms with Gasteiger partial charge < -0.3 is 16.0 Å². The summed E-state index contributed by atoms with van der Waals surface area (Å²) in [6.07, 6.45) is 0. The number of rotatable bonds is 4. The number of hydrogen-bond acceptors (Lipinski definition) is 2. The first-order chi connectivity index (χ1) is 10.4. The van der Waals surface area contributed by atoms with Crippen LogP contribution in [0.3, 0.4) is 0 Å². The molecular weight excluding hydrogens is 399 g/mol. The number of nitrogens with zero attached hydrogens (tertiary/aromatic N) is 2. The molecule has 0 radical (unpaired) electrons. The van der Waals surface area contributed by atoms with Crippen LogP contribution >= 0.6 is 24.0 Å². The standard InChI is InChI=1S/C18H24N4.HI/c1-13-8-14(2)10-16(9-13)21-18(19)20-12-15-6-5-7-17(11-15)22(3)4;/h5-11H,12H2,1-4H3,(H3,19,20,21);1H. The second kappa shape index (κ2) is 8.76. The summed E-state index contributed by atoms with van der Waals surface area (Å²) in [7, 11) is 4.05. The van der Waals surface area contributed by atoms with E-state index in [9.17, 15) is 0 Å². The summed E-state index contributed by atoms with van der Waals surface area (Å²) in [6, 6.07) is 14.5. The molecule has 0 aromatic heterocycles. The summed E-state index contributed by atoms with van der Waals surface area (Å²) < 4.78 is 0. The number of hydrogen-bond donors (Lipinski definition) is 2. The lowest BCUT2D eigenvalue weighted by atomic mass is 10.1. The smallest absolute Gasteiger partial charge is 0.193 e. The zero-order valence-electron chi connectivity index (χ0n) is 14.1. The lowest BCUT2D eigenvalue weighted by molar-refractivity contribution is 1.05. The topological polar surface area (TPSA) is 53.6 Å². The van der Waals surface area contributed by atoms with Gasteiger partial charge in [0.1, 0.15) is 0 Å². The predicted molar refractivity (Wildman–Crippen MR) is 111 cm³/mol. The van der Waals surface area contributed by atoms with E-state index in [1.165, 1.54) is 11.1 Å². The molecule has 2 aromatic rings. The zero-order chi connectivity index (χ0) is 16.1. The normalized spacial score (nSPS) is 10.9. The first kappa shape index (κ1) is 19.3. The Labute approximate surface area is 155 Å². The second-order valence-corrected chi connectivity index (χ2v) is 5.77. The Kier molecular flexibility index (Phi) is 7.35. The van der Waals surface area contributed by atoms with E-state index in [0.717, 1.165) is 16.9 Å². The average Bonchev–Trinajstić information content (AvgIpc) is 2.44. The highest BCUT2D eigenvalue weighted by molar-refractivity contribution is 14.0. The van der Waals surface area contributed by atoms with Crippen molar-refractivity contribution in [3.63, 3.8) is 0 Å². The van der Waals surface area contributed by atoms with Crippen LogP contribution in [0.5, 0.6) is 0 Å². The van der Waals surface area contributed by atoms with E-state index in [1.807, 2.05) is 20.2 Å². The number of nitrogens with one attached hydrogen (secondary N) is 1. The molecule has 0 bridgehead atoms. The Hall–Kier alpha value is -1.76. The van der Waals surface area contributed by atoms with E-state index < -0.39 is 0 Å². The number of anilines is 2. The number of halogens is 1. The minimum Gasteiger partial charge on any atom is -0.378 e. The molecule has 0 amide bonds. The first-order valence-electron chi connectivity index (χ1n) is 7.35. The van der Waals surface area contributed by atoms with Gasteiger partial charge in [-0.15, -0.1) is 24.0 Å². The summed E-state index contributed by atoms with van der Waals surface area (Å²) in [4.78, 5) is 6.49. The minimum atomic E-state index is 0. The highest BCUT2D eigenvalue weighted by Gasteiger charge is 2.00. The fourth-order valence-corrected chi connectivity index (χ4v) is 2.34. The lowest BCUT2D eigenvalue weighted by Crippen LogP contribution is -2.22. The summed E-state index contributed by atoms with van der Waals surface area (Å²) >= 11 is 0. The molecule has 0 heterocycles. The third-order valence-corrected chi connectivity index (χ3v) is 3.35. The Balaban J connectivity index is 0.00000264. The Morgan fingerprint density at radius 1 is 1.09 bits per heavy atom. The van der Waals surface area contributed by atoms with Crippen molar-refractivity contribution in [2.24, 2.45) is 10.7 Å². The Bertz CT molecular complexity index is 660. The van der Waals surface area contributed by atoms with Gasteiger partial charge in [-0.1, -0.05) is 18.2 Å². The quantitative estimate of drug-likeness (QED) is 0.445. The molecule has 0 saturated heterocycles. The van der Waals surface area contributed by atoms with Crippen molar-refractivity contribution in [2.75, 3.05) is 24.3 Å². The van der Waals surface area contributed by atoms with Crippen molar-refractivity contribution in [3.05, 3.63) is 59.2 Å². The van der Waals surface area contributed by atoms with Gasteiger partial charge in [0.05, 0.1) is 6.54 Å². The van der Waals surface area contributed by atoms with Gasteiger partial charge in [0.25, 0.3) is 0 Å². The number of guanidine groups is 1. The van der Waals surface area contributed by atoms with E-state index >= 15 is 0 Å². The Morgan fingerprint density at radius 2 is 1.74 bits per heavy atom. The van der Waals surface area contributed by atoms with Crippen LogP contribution in [0.25, 0.3) is 0 Å². The molecule has 23 heavy (non-hydrogen) atoms. The molecule has 0 unspecified atom stereocenters. The highest BCUT2D eigenvalue weighted by atomic mass is 127. The molecule has 0 fully saturated rings. The maximum Gasteiger partial charge on any atom is 0.193 e. The summed E-state index contributed by atoms with van der Waals surface area (Å²) in [5.41, 5.74) is 11.7. The fourth-order valence-electron chi connectivity index (χ4n) is 2.34. The van der Waals surface area contributed by atoms with Gasteiger partial charge in [-0.25, -0.2) is 4.99 Å². The number of nitrogens with two attached hydrogens (primary N) is 1. The number of benzene rings is 2. The maximum absolute atomic E-state index is 5.98. The molecule has 0 aliphatic heterocycles. The molecule has 3 N–H and O–H groups in total. The van der Waals surface area contributed by atoms with Crippen LogP contribution in [0.15, 0.2) is 47.5 Å². The molecule has 2 rings (SSSR count). The fraction of sp³-hybridized carbons (Fsp3) is 0.278. The summed E-state index contributed by atoms with van der Waals surface area (Å²) in [6.45, 7) is 4.70. The van der Waals surface area contributed by atoms with Crippen molar-refractivity contribution in [1.82, 2.24) is 0 Å². The van der Waals surface area contributed by atoms with Crippen molar-refractivity contribution in [1.29, 1.82) is 0 Å². The molecule has 5 heteroatoms. The summed E-state index contributed by atoms with van der Waals surface area (Å²) in [5, 5.41) is 3.15. The van der Waals surface area contributed by atoms with E-state index in [1.54, 1.807) is 0 Å². The lowest BCUT2D eigenvalue weighted by Gasteiger charge is -2.13. The van der Waals surface area contributed by atoms with Crippen LogP contribution < -0.4 is 16.0 Å². The number of aliphatic imine (C=N–C) groups is 1. The van der Waals surface area contributed by atoms with Gasteiger partial charge in [-0.05, 0) is 54.8 Å². The van der Waals surface area contributed by atoms with Crippen LogP contribution in [-0.4, -0.2) is 20.1 Å². The average molecular weight is 424 g/mol. The molecule has 0 spiro atoms. The molecule has 0 aliphatic carbocycles. The first-order valence-corrected chi connectivity index (χ1v) is 7.35. The van der Waals surface area contributed by atoms with E-state index in [2.05, 4.69) is 65.5 Å². The highest BCUT2D eigenvalue weighted by Crippen LogP contribution is 2.15. The predicted octanol–water partition coefficient (Wildman–Crippen LogP) is 3.91. The van der Waals surface area contributed by atoms with Crippen LogP contribution in [0.4, 0.5) is 11.4 Å². The number of aryl methyl sites for hydroxylation is 2. The van der Waals surface area contributed by atoms with Gasteiger partial charge in [0.2, 0.25) is 0 Å². The van der Waals surface area contributed by atoms with Crippen LogP contribution in [0.2, 0.25) is 0 Å². The van der Waals surface area contributed by atoms with Crippen LogP contribution in [-0.2, 0) is 6.54 Å². The van der Waals surface area contributed by atoms with Crippen LogP contribution in [0.1, 0.15) is 16.7 Å². The maximum atomic E-state index is 5.98. The van der Waals surface area contributed by atoms with Gasteiger partial charge in [-0.2, -0.15) is 0 Å². The molecule has 0 atom stereocenters. The zero-order valence-corrected chi connectivity index (χ0v) is 16.5. The van der Waals surface area contributed by atoms with Gasteiger partial charge >= 0.3 is 0 Å². The molecule has 0 saturated carbocycles. The SMILES string of the molecule is Cc1cc(C)cc(NC(N)=NCc2cccc(N(C)C)c2)c1.I. The second-order valence-electron chi connectivity index (χ2n) is 5.77. The van der Waals surface area contributed by atoms with E-state index in [0.29, 0.717) is 12.5 Å². The third kappa shape index (κ3) is 6.09. The molecule has 2 aromatic carbocycles. The van der Waals surface area contributed by atoms with Crippen molar-refractivity contribution < 1.29 is 0 Å². The Morgan fingerprint density at radius 3 is 2.35 bits per heavy atom. The molecule has 0 aliphatic rings. The van der Waals surface area contributed by atoms with E-state index in [-0.39, 0.29) is 24.0 Å². The minimum absolute atomic E-state index is 0. The largest absolute Gasteiger partial charge is 0.378 e. The molecule has 124 valence electrons. The van der Waals surface area contributed by atoms with Gasteiger partial charge in [-0.3, -0.25) is 0 Å². The molecule has 4 nitrogen and oxygen atoms in total. The van der Waals surface area contributed by atoms with Crippen molar-refractivity contribution in [3.8, 4) is 0 Å². The van der Waals surface area contributed by atoms with Gasteiger partial charge in [0.15, 0.2) is 5.96 Å². The van der Waals surface area contributed by atoms with Crippen LogP contribution in [0, 0.1) is 13.8 Å². The van der Waals surface area contributed by atoms with E-state index in [4.69, 9.17) is 5.73 Å². The summed E-state index contributed by atoms with van der Waals surface area (Å²) in [5.74, 6) is 0.431. The van der Waals surface area contributed by atoms with Crippen molar-refractivity contribution >= 4 is 41.3 Å².